The summed E-state index contributed by atoms with van der Waals surface area (Å²) in [5, 5.41) is 0. The van der Waals surface area contributed by atoms with Crippen molar-refractivity contribution in [3.63, 3.8) is 0 Å². The molecule has 0 heteroatoms. The van der Waals surface area contributed by atoms with Gasteiger partial charge in [0, 0.05) is 0 Å². The normalized spacial score (nSPS) is 17.9. The first-order valence-electron chi connectivity index (χ1n) is 6.55. The highest BCUT2D eigenvalue weighted by Gasteiger charge is 2.22. The third kappa shape index (κ3) is 1.42. The monoisotopic (exact) mass is 200 g/mol. The molecule has 15 heavy (non-hydrogen) atoms. The van der Waals surface area contributed by atoms with Crippen molar-refractivity contribution in [3.05, 3.63) is 33.9 Å². The molecule has 0 atom stereocenters. The van der Waals surface area contributed by atoms with Gasteiger partial charge in [0.15, 0.2) is 0 Å². The molecule has 2 aliphatic carbocycles. The number of fused-ring (bicyclic) bond motifs is 2. The van der Waals surface area contributed by atoms with E-state index in [-0.39, 0.29) is 0 Å². The molecule has 0 saturated heterocycles. The molecular formula is C15H20. The van der Waals surface area contributed by atoms with Crippen molar-refractivity contribution in [2.75, 3.05) is 0 Å². The molecule has 0 heterocycles. The van der Waals surface area contributed by atoms with Crippen molar-refractivity contribution >= 4 is 0 Å². The largest absolute Gasteiger partial charge is 0.0651 e. The maximum absolute atomic E-state index is 2.53. The van der Waals surface area contributed by atoms with E-state index < -0.39 is 0 Å². The Balaban J connectivity index is 2.16. The third-order valence-electron chi connectivity index (χ3n) is 4.10. The maximum Gasteiger partial charge on any atom is -0.0270 e. The summed E-state index contributed by atoms with van der Waals surface area (Å²) < 4.78 is 0. The highest BCUT2D eigenvalue weighted by atomic mass is 14.3. The van der Waals surface area contributed by atoms with E-state index in [0.717, 1.165) is 0 Å². The predicted molar refractivity (Wildman–Crippen MR) is 64.5 cm³/mol. The lowest BCUT2D eigenvalue weighted by atomic mass is 9.91. The second-order valence-electron chi connectivity index (χ2n) is 5.09. The molecule has 0 aliphatic heterocycles. The smallest absolute Gasteiger partial charge is 0.0270 e. The molecule has 1 aromatic rings. The van der Waals surface area contributed by atoms with Crippen molar-refractivity contribution < 1.29 is 0 Å². The summed E-state index contributed by atoms with van der Waals surface area (Å²) in [6.07, 6.45) is 10.8. The third-order valence-corrected chi connectivity index (χ3v) is 4.10. The second-order valence-corrected chi connectivity index (χ2v) is 5.09. The molecule has 0 saturated carbocycles. The number of hydrogen-bond acceptors (Lipinski definition) is 0. The number of hydrogen-bond donors (Lipinski definition) is 0. The Morgan fingerprint density at radius 2 is 1.53 bits per heavy atom. The van der Waals surface area contributed by atoms with Gasteiger partial charge in [0.2, 0.25) is 0 Å². The molecule has 0 bridgehead atoms. The Morgan fingerprint density at radius 3 is 2.07 bits per heavy atom. The molecule has 0 N–H and O–H groups in total. The van der Waals surface area contributed by atoms with E-state index in [9.17, 15) is 0 Å². The van der Waals surface area contributed by atoms with Crippen LogP contribution in [0, 0.1) is 0 Å². The molecular weight excluding hydrogens is 180 g/mol. The van der Waals surface area contributed by atoms with E-state index in [0.29, 0.717) is 0 Å². The second kappa shape index (κ2) is 3.66. The van der Waals surface area contributed by atoms with Crippen molar-refractivity contribution in [2.24, 2.45) is 0 Å². The van der Waals surface area contributed by atoms with Gasteiger partial charge in [-0.15, -0.1) is 0 Å². The van der Waals surface area contributed by atoms with E-state index in [2.05, 4.69) is 13.0 Å². The van der Waals surface area contributed by atoms with Gasteiger partial charge in [-0.1, -0.05) is 19.4 Å². The average molecular weight is 200 g/mol. The summed E-state index contributed by atoms with van der Waals surface area (Å²) in [7, 11) is 0. The van der Waals surface area contributed by atoms with Gasteiger partial charge in [-0.2, -0.15) is 0 Å². The van der Waals surface area contributed by atoms with Crippen LogP contribution in [-0.2, 0) is 32.1 Å². The van der Waals surface area contributed by atoms with E-state index in [4.69, 9.17) is 0 Å². The van der Waals surface area contributed by atoms with Crippen LogP contribution < -0.4 is 0 Å². The van der Waals surface area contributed by atoms with Crippen LogP contribution in [0.2, 0.25) is 0 Å². The average Bonchev–Trinajstić information content (AvgIpc) is 2.84. The SMILES string of the molecule is CCCc1c2c(cc3c1CCC3)CCC2. The Morgan fingerprint density at radius 1 is 0.933 bits per heavy atom. The van der Waals surface area contributed by atoms with Crippen molar-refractivity contribution in [3.8, 4) is 0 Å². The summed E-state index contributed by atoms with van der Waals surface area (Å²) in [6.45, 7) is 2.32. The fourth-order valence-electron chi connectivity index (χ4n) is 3.49. The minimum Gasteiger partial charge on any atom is -0.0651 e. The fourth-order valence-corrected chi connectivity index (χ4v) is 3.49. The van der Waals surface area contributed by atoms with E-state index in [1.54, 1.807) is 27.8 Å². The van der Waals surface area contributed by atoms with Gasteiger partial charge in [-0.3, -0.25) is 0 Å². The minimum atomic E-state index is 1.31. The Hall–Kier alpha value is -0.780. The first-order valence-corrected chi connectivity index (χ1v) is 6.55. The first-order chi connectivity index (χ1) is 7.40. The van der Waals surface area contributed by atoms with Crippen molar-refractivity contribution in [1.29, 1.82) is 0 Å². The lowest BCUT2D eigenvalue weighted by Crippen LogP contribution is -2.00. The topological polar surface area (TPSA) is 0 Å². The van der Waals surface area contributed by atoms with Crippen molar-refractivity contribution in [1.82, 2.24) is 0 Å². The van der Waals surface area contributed by atoms with Gasteiger partial charge in [0.1, 0.15) is 0 Å². The van der Waals surface area contributed by atoms with Crippen LogP contribution in [0.15, 0.2) is 6.07 Å². The van der Waals surface area contributed by atoms with Gasteiger partial charge in [-0.05, 0) is 72.8 Å². The summed E-state index contributed by atoms with van der Waals surface area (Å²) in [6, 6.07) is 2.53. The summed E-state index contributed by atoms with van der Waals surface area (Å²) in [5.74, 6) is 0. The fraction of sp³-hybridized carbons (Fsp3) is 0.600. The van der Waals surface area contributed by atoms with Gasteiger partial charge in [-0.25, -0.2) is 0 Å². The quantitative estimate of drug-likeness (QED) is 0.684. The molecule has 0 radical (unpaired) electrons. The first kappa shape index (κ1) is 9.45. The summed E-state index contributed by atoms with van der Waals surface area (Å²) in [4.78, 5) is 0. The van der Waals surface area contributed by atoms with Gasteiger partial charge >= 0.3 is 0 Å². The zero-order valence-corrected chi connectivity index (χ0v) is 9.73. The Bertz CT molecular complexity index is 355. The highest BCUT2D eigenvalue weighted by molar-refractivity contribution is 5.50. The van der Waals surface area contributed by atoms with Crippen LogP contribution in [0.4, 0.5) is 0 Å². The molecule has 1 aromatic carbocycles. The number of benzene rings is 1. The van der Waals surface area contributed by atoms with Crippen LogP contribution in [0.1, 0.15) is 54.0 Å². The zero-order chi connectivity index (χ0) is 10.3. The van der Waals surface area contributed by atoms with Crippen LogP contribution in [-0.4, -0.2) is 0 Å². The molecule has 0 fully saturated rings. The molecule has 0 nitrogen and oxygen atoms in total. The van der Waals surface area contributed by atoms with Crippen molar-refractivity contribution in [2.45, 2.75) is 58.3 Å². The van der Waals surface area contributed by atoms with E-state index in [1.165, 1.54) is 51.4 Å². The zero-order valence-electron chi connectivity index (χ0n) is 9.73. The number of aryl methyl sites for hydroxylation is 2. The summed E-state index contributed by atoms with van der Waals surface area (Å²) in [5.41, 5.74) is 8.65. The minimum absolute atomic E-state index is 1.31. The molecule has 3 rings (SSSR count). The van der Waals surface area contributed by atoms with Gasteiger partial charge in [0.25, 0.3) is 0 Å². The van der Waals surface area contributed by atoms with Crippen LogP contribution in [0.3, 0.4) is 0 Å². The summed E-state index contributed by atoms with van der Waals surface area (Å²) >= 11 is 0. The van der Waals surface area contributed by atoms with Gasteiger partial charge in [0.05, 0.1) is 0 Å². The molecule has 0 spiro atoms. The van der Waals surface area contributed by atoms with Crippen LogP contribution >= 0.6 is 0 Å². The lowest BCUT2D eigenvalue weighted by Gasteiger charge is -2.14. The molecule has 0 unspecified atom stereocenters. The highest BCUT2D eigenvalue weighted by Crippen LogP contribution is 2.35. The standard InChI is InChI=1S/C15H20/c1-2-5-15-13-8-3-6-11(13)10-12-7-4-9-14(12)15/h10H,2-9H2,1H3. The van der Waals surface area contributed by atoms with E-state index >= 15 is 0 Å². The molecule has 80 valence electrons. The van der Waals surface area contributed by atoms with Crippen LogP contribution in [0.5, 0.6) is 0 Å². The molecule has 0 amide bonds. The maximum atomic E-state index is 2.53. The lowest BCUT2D eigenvalue weighted by molar-refractivity contribution is 0.856. The predicted octanol–water partition coefficient (Wildman–Crippen LogP) is 3.62. The number of rotatable bonds is 2. The Labute approximate surface area is 92.7 Å². The Kier molecular flexibility index (Phi) is 2.31. The van der Waals surface area contributed by atoms with Crippen LogP contribution in [0.25, 0.3) is 0 Å². The van der Waals surface area contributed by atoms with E-state index in [1.807, 2.05) is 0 Å². The van der Waals surface area contributed by atoms with Gasteiger partial charge < -0.3 is 0 Å². The molecule has 2 aliphatic rings. The molecule has 0 aromatic heterocycles.